The Morgan fingerprint density at radius 1 is 1.04 bits per heavy atom. The third-order valence-electron chi connectivity index (χ3n) is 3.43. The van der Waals surface area contributed by atoms with E-state index in [-0.39, 0.29) is 11.5 Å². The predicted molar refractivity (Wildman–Crippen MR) is 93.0 cm³/mol. The number of nitrogens with zero attached hydrogens (tertiary/aromatic N) is 2. The molecule has 2 aromatic carbocycles. The van der Waals surface area contributed by atoms with Gasteiger partial charge in [0.1, 0.15) is 0 Å². The molecule has 0 atom stereocenters. The van der Waals surface area contributed by atoms with Crippen molar-refractivity contribution in [2.75, 3.05) is 5.43 Å². The highest BCUT2D eigenvalue weighted by Crippen LogP contribution is 2.28. The lowest BCUT2D eigenvalue weighted by atomic mass is 10.1. The van der Waals surface area contributed by atoms with Crippen molar-refractivity contribution in [3.63, 3.8) is 0 Å². The van der Waals surface area contributed by atoms with Gasteiger partial charge in [-0.05, 0) is 17.7 Å². The average Bonchev–Trinajstić information content (AvgIpc) is 2.62. The first-order valence-corrected chi connectivity index (χ1v) is 7.55. The van der Waals surface area contributed by atoms with Gasteiger partial charge in [-0.15, -0.1) is 0 Å². The van der Waals surface area contributed by atoms with Gasteiger partial charge >= 0.3 is 6.18 Å². The number of H-pyrrole nitrogens is 1. The van der Waals surface area contributed by atoms with Crippen LogP contribution in [0.4, 0.5) is 19.1 Å². The Bertz CT molecular complexity index is 964. The van der Waals surface area contributed by atoms with Crippen LogP contribution in [-0.4, -0.2) is 16.2 Å². The van der Waals surface area contributed by atoms with Gasteiger partial charge < -0.3 is 0 Å². The van der Waals surface area contributed by atoms with Gasteiger partial charge in [0.25, 0.3) is 5.56 Å². The van der Waals surface area contributed by atoms with Gasteiger partial charge in [-0.2, -0.15) is 18.3 Å². The van der Waals surface area contributed by atoms with E-state index in [1.165, 1.54) is 24.4 Å². The van der Waals surface area contributed by atoms with Crippen LogP contribution in [0.15, 0.2) is 70.6 Å². The summed E-state index contributed by atoms with van der Waals surface area (Å²) in [6, 6.07) is 15.0. The fraction of sp³-hybridized carbons (Fsp3) is 0.0556. The number of anilines is 1. The largest absolute Gasteiger partial charge is 0.416 e. The summed E-state index contributed by atoms with van der Waals surface area (Å²) in [5.41, 5.74) is 3.19. The number of hydrogen-bond donors (Lipinski definition) is 2. The van der Waals surface area contributed by atoms with E-state index < -0.39 is 11.7 Å². The zero-order valence-corrected chi connectivity index (χ0v) is 13.3. The average molecular weight is 358 g/mol. The van der Waals surface area contributed by atoms with E-state index >= 15 is 0 Å². The Morgan fingerprint density at radius 2 is 1.73 bits per heavy atom. The zero-order chi connectivity index (χ0) is 18.6. The summed E-state index contributed by atoms with van der Waals surface area (Å²) in [6.07, 6.45) is -3.05. The van der Waals surface area contributed by atoms with E-state index in [1.807, 2.05) is 30.3 Å². The molecule has 0 saturated carbocycles. The number of halogens is 3. The van der Waals surface area contributed by atoms with Crippen molar-refractivity contribution in [2.24, 2.45) is 5.10 Å². The van der Waals surface area contributed by atoms with Gasteiger partial charge in [0, 0.05) is 11.6 Å². The lowest BCUT2D eigenvalue weighted by Gasteiger charge is -2.06. The number of nitrogens with one attached hydrogen (secondary N) is 2. The van der Waals surface area contributed by atoms with Gasteiger partial charge in [0.2, 0.25) is 5.95 Å². The molecule has 0 amide bonds. The highest BCUT2D eigenvalue weighted by Gasteiger charge is 2.29. The van der Waals surface area contributed by atoms with Crippen molar-refractivity contribution < 1.29 is 13.2 Å². The van der Waals surface area contributed by atoms with Crippen LogP contribution in [0.3, 0.4) is 0 Å². The summed E-state index contributed by atoms with van der Waals surface area (Å²) in [4.78, 5) is 18.5. The maximum atomic E-state index is 12.5. The fourth-order valence-electron chi connectivity index (χ4n) is 2.19. The van der Waals surface area contributed by atoms with Gasteiger partial charge in [-0.3, -0.25) is 9.78 Å². The van der Waals surface area contributed by atoms with Crippen molar-refractivity contribution in [3.05, 3.63) is 82.1 Å². The van der Waals surface area contributed by atoms with Crippen molar-refractivity contribution in [3.8, 4) is 11.3 Å². The second kappa shape index (κ2) is 7.22. The maximum absolute atomic E-state index is 12.5. The monoisotopic (exact) mass is 358 g/mol. The predicted octanol–water partition coefficient (Wildman–Crippen LogP) is 3.90. The molecule has 0 spiro atoms. The molecule has 0 aliphatic carbocycles. The molecule has 5 nitrogen and oxygen atoms in total. The Hall–Kier alpha value is -3.42. The van der Waals surface area contributed by atoms with Crippen molar-refractivity contribution >= 4 is 12.2 Å². The molecule has 0 bridgehead atoms. The van der Waals surface area contributed by atoms with E-state index in [1.54, 1.807) is 0 Å². The molecule has 0 fully saturated rings. The molecule has 0 aliphatic rings. The third-order valence-corrected chi connectivity index (χ3v) is 3.43. The van der Waals surface area contributed by atoms with Crippen LogP contribution in [0.25, 0.3) is 11.3 Å². The first-order valence-electron chi connectivity index (χ1n) is 7.55. The summed E-state index contributed by atoms with van der Waals surface area (Å²) < 4.78 is 37.6. The summed E-state index contributed by atoms with van der Waals surface area (Å²) in [5, 5.41) is 3.89. The fourth-order valence-corrected chi connectivity index (χ4v) is 2.19. The first-order chi connectivity index (χ1) is 12.4. The molecule has 1 aromatic heterocycles. The molecule has 1 heterocycles. The SMILES string of the molecule is O=c1cc(-c2ccccc2)nc(N/N=C\c2ccc(C(F)(F)F)cc2)[nH]1. The van der Waals surface area contributed by atoms with Gasteiger partial charge in [0.15, 0.2) is 0 Å². The number of aromatic nitrogens is 2. The van der Waals surface area contributed by atoms with Crippen LogP contribution in [-0.2, 0) is 6.18 Å². The van der Waals surface area contributed by atoms with E-state index in [9.17, 15) is 18.0 Å². The quantitative estimate of drug-likeness (QED) is 0.549. The lowest BCUT2D eigenvalue weighted by Crippen LogP contribution is -2.10. The van der Waals surface area contributed by atoms with Crippen LogP contribution < -0.4 is 11.0 Å². The Morgan fingerprint density at radius 3 is 2.38 bits per heavy atom. The molecule has 132 valence electrons. The smallest absolute Gasteiger partial charge is 0.291 e. The van der Waals surface area contributed by atoms with Gasteiger partial charge in [0.05, 0.1) is 17.5 Å². The molecule has 3 rings (SSSR count). The van der Waals surface area contributed by atoms with Crippen LogP contribution in [0.5, 0.6) is 0 Å². The molecule has 0 radical (unpaired) electrons. The minimum absolute atomic E-state index is 0.125. The summed E-state index contributed by atoms with van der Waals surface area (Å²) >= 11 is 0. The zero-order valence-electron chi connectivity index (χ0n) is 13.3. The van der Waals surface area contributed by atoms with Crippen LogP contribution in [0.1, 0.15) is 11.1 Å². The molecule has 8 heteroatoms. The molecular weight excluding hydrogens is 345 g/mol. The topological polar surface area (TPSA) is 70.1 Å². The second-order valence-corrected chi connectivity index (χ2v) is 5.34. The Kier molecular flexibility index (Phi) is 4.83. The number of aromatic amines is 1. The minimum Gasteiger partial charge on any atom is -0.291 e. The number of benzene rings is 2. The summed E-state index contributed by atoms with van der Waals surface area (Å²) in [6.45, 7) is 0. The number of hydrogen-bond acceptors (Lipinski definition) is 4. The number of alkyl halides is 3. The van der Waals surface area contributed by atoms with Crippen molar-refractivity contribution in [1.29, 1.82) is 0 Å². The third kappa shape index (κ3) is 4.35. The standard InChI is InChI=1S/C18H13F3N4O/c19-18(20,21)14-8-6-12(7-9-14)11-22-25-17-23-15(10-16(26)24-17)13-4-2-1-3-5-13/h1-11H,(H2,23,24,25,26)/b22-11-. The molecule has 2 N–H and O–H groups in total. The second-order valence-electron chi connectivity index (χ2n) is 5.34. The van der Waals surface area contributed by atoms with Crippen molar-refractivity contribution in [1.82, 2.24) is 9.97 Å². The summed E-state index contributed by atoms with van der Waals surface area (Å²) in [5.74, 6) is 0.125. The van der Waals surface area contributed by atoms with Gasteiger partial charge in [-0.1, -0.05) is 42.5 Å². The maximum Gasteiger partial charge on any atom is 0.416 e. The van der Waals surface area contributed by atoms with Crippen LogP contribution >= 0.6 is 0 Å². The number of hydrazone groups is 1. The van der Waals surface area contributed by atoms with E-state index in [0.717, 1.165) is 17.7 Å². The first kappa shape index (κ1) is 17.4. The van der Waals surface area contributed by atoms with Gasteiger partial charge in [-0.25, -0.2) is 10.4 Å². The Labute approximate surface area is 146 Å². The van der Waals surface area contributed by atoms with Crippen LogP contribution in [0.2, 0.25) is 0 Å². The number of rotatable bonds is 4. The highest BCUT2D eigenvalue weighted by molar-refractivity contribution is 5.80. The molecular formula is C18H13F3N4O. The highest BCUT2D eigenvalue weighted by atomic mass is 19.4. The van der Waals surface area contributed by atoms with Crippen LogP contribution in [0, 0.1) is 0 Å². The van der Waals surface area contributed by atoms with Crippen molar-refractivity contribution in [2.45, 2.75) is 6.18 Å². The molecule has 0 saturated heterocycles. The summed E-state index contributed by atoms with van der Waals surface area (Å²) in [7, 11) is 0. The van der Waals surface area contributed by atoms with E-state index in [2.05, 4.69) is 20.5 Å². The lowest BCUT2D eigenvalue weighted by molar-refractivity contribution is -0.137. The minimum atomic E-state index is -4.38. The molecule has 26 heavy (non-hydrogen) atoms. The molecule has 3 aromatic rings. The Balaban J connectivity index is 1.74. The van der Waals surface area contributed by atoms with E-state index in [4.69, 9.17) is 0 Å². The molecule has 0 aliphatic heterocycles. The molecule has 0 unspecified atom stereocenters. The normalized spacial score (nSPS) is 11.7. The van der Waals surface area contributed by atoms with E-state index in [0.29, 0.717) is 11.3 Å².